The number of anilines is 1. The van der Waals surface area contributed by atoms with E-state index in [9.17, 15) is 4.79 Å². The quantitative estimate of drug-likeness (QED) is 0.852. The van der Waals surface area contributed by atoms with Gasteiger partial charge in [0.05, 0.1) is 24.8 Å². The molecule has 1 aromatic heterocycles. The molecule has 1 aromatic carbocycles. The van der Waals surface area contributed by atoms with Crippen LogP contribution >= 0.6 is 0 Å². The van der Waals surface area contributed by atoms with Crippen LogP contribution in [0.4, 0.5) is 5.69 Å². The first kappa shape index (κ1) is 16.1. The summed E-state index contributed by atoms with van der Waals surface area (Å²) in [4.78, 5) is 21.3. The summed E-state index contributed by atoms with van der Waals surface area (Å²) in [6.45, 7) is 4.13. The topological polar surface area (TPSA) is 71.7 Å². The van der Waals surface area contributed by atoms with Crippen LogP contribution in [0.1, 0.15) is 37.0 Å². The van der Waals surface area contributed by atoms with E-state index in [1.54, 1.807) is 0 Å². The summed E-state index contributed by atoms with van der Waals surface area (Å²) in [6, 6.07) is 7.71. The van der Waals surface area contributed by atoms with E-state index in [1.165, 1.54) is 0 Å². The van der Waals surface area contributed by atoms with Crippen LogP contribution in [0.2, 0.25) is 0 Å². The van der Waals surface area contributed by atoms with Gasteiger partial charge in [-0.3, -0.25) is 9.69 Å². The SMILES string of the molecule is Cc1noc([C@@H]2CCCCN2CC(=O)N2CCOc3ccccc32)n1. The number of aryl methyl sites for hydroxylation is 1. The van der Waals surface area contributed by atoms with Crippen molar-refractivity contribution < 1.29 is 14.1 Å². The molecular weight excluding hydrogens is 320 g/mol. The third-order valence-electron chi connectivity index (χ3n) is 4.81. The van der Waals surface area contributed by atoms with Gasteiger partial charge in [0, 0.05) is 0 Å². The molecule has 132 valence electrons. The zero-order chi connectivity index (χ0) is 17.2. The zero-order valence-corrected chi connectivity index (χ0v) is 14.4. The van der Waals surface area contributed by atoms with Gasteiger partial charge in [-0.2, -0.15) is 4.98 Å². The number of carbonyl (C=O) groups excluding carboxylic acids is 1. The van der Waals surface area contributed by atoms with Crippen LogP contribution in [-0.2, 0) is 4.79 Å². The van der Waals surface area contributed by atoms with Crippen molar-refractivity contribution in [2.24, 2.45) is 0 Å². The van der Waals surface area contributed by atoms with Crippen LogP contribution in [0.5, 0.6) is 5.75 Å². The number of hydrogen-bond donors (Lipinski definition) is 0. The zero-order valence-electron chi connectivity index (χ0n) is 14.4. The highest BCUT2D eigenvalue weighted by Gasteiger charge is 2.32. The first-order valence-corrected chi connectivity index (χ1v) is 8.79. The molecular formula is C18H22N4O3. The van der Waals surface area contributed by atoms with E-state index in [2.05, 4.69) is 15.0 Å². The minimum Gasteiger partial charge on any atom is -0.490 e. The first-order chi connectivity index (χ1) is 12.2. The summed E-state index contributed by atoms with van der Waals surface area (Å²) in [5.74, 6) is 2.10. The molecule has 7 heteroatoms. The summed E-state index contributed by atoms with van der Waals surface area (Å²) >= 11 is 0. The predicted octanol–water partition coefficient (Wildman–Crippen LogP) is 2.33. The highest BCUT2D eigenvalue weighted by atomic mass is 16.5. The lowest BCUT2D eigenvalue weighted by atomic mass is 10.0. The number of aromatic nitrogens is 2. The summed E-state index contributed by atoms with van der Waals surface area (Å²) in [7, 11) is 0. The van der Waals surface area contributed by atoms with Crippen LogP contribution in [0.15, 0.2) is 28.8 Å². The first-order valence-electron chi connectivity index (χ1n) is 8.79. The number of carbonyl (C=O) groups is 1. The molecule has 0 radical (unpaired) electrons. The van der Waals surface area contributed by atoms with Crippen LogP contribution in [0.3, 0.4) is 0 Å². The fraction of sp³-hybridized carbons (Fsp3) is 0.500. The number of benzene rings is 1. The van der Waals surface area contributed by atoms with Crippen molar-refractivity contribution in [2.75, 3.05) is 31.1 Å². The highest BCUT2D eigenvalue weighted by Crippen LogP contribution is 2.33. The number of hydrogen-bond acceptors (Lipinski definition) is 6. The molecule has 2 aromatic rings. The van der Waals surface area contributed by atoms with Gasteiger partial charge in [0.25, 0.3) is 0 Å². The molecule has 0 N–H and O–H groups in total. The largest absolute Gasteiger partial charge is 0.490 e. The average Bonchev–Trinajstić information content (AvgIpc) is 3.08. The van der Waals surface area contributed by atoms with Crippen LogP contribution in [-0.4, -0.2) is 47.2 Å². The molecule has 0 spiro atoms. The van der Waals surface area contributed by atoms with Gasteiger partial charge in [-0.25, -0.2) is 0 Å². The third kappa shape index (κ3) is 3.24. The van der Waals surface area contributed by atoms with E-state index in [-0.39, 0.29) is 11.9 Å². The standard InChI is InChI=1S/C18H22N4O3/c1-13-19-18(25-20-13)15-7-4-5-9-21(15)12-17(23)22-10-11-24-16-8-3-2-6-14(16)22/h2-3,6,8,15H,4-5,7,9-12H2,1H3/t15-/m0/s1. The Morgan fingerprint density at radius 3 is 3.00 bits per heavy atom. The van der Waals surface area contributed by atoms with E-state index in [1.807, 2.05) is 36.1 Å². The van der Waals surface area contributed by atoms with E-state index in [0.29, 0.717) is 31.4 Å². The molecule has 25 heavy (non-hydrogen) atoms. The molecule has 1 atom stereocenters. The lowest BCUT2D eigenvalue weighted by Crippen LogP contribution is -2.46. The second kappa shape index (κ2) is 6.84. The number of amides is 1. The van der Waals surface area contributed by atoms with Crippen molar-refractivity contribution in [1.82, 2.24) is 15.0 Å². The number of piperidine rings is 1. The van der Waals surface area contributed by atoms with E-state index >= 15 is 0 Å². The van der Waals surface area contributed by atoms with Crippen molar-refractivity contribution in [2.45, 2.75) is 32.2 Å². The summed E-state index contributed by atoms with van der Waals surface area (Å²) in [5, 5.41) is 3.90. The molecule has 0 aliphatic carbocycles. The van der Waals surface area contributed by atoms with Crippen molar-refractivity contribution in [1.29, 1.82) is 0 Å². The van der Waals surface area contributed by atoms with Gasteiger partial charge in [-0.05, 0) is 38.4 Å². The Kier molecular flexibility index (Phi) is 4.40. The van der Waals surface area contributed by atoms with Crippen molar-refractivity contribution in [3.8, 4) is 5.75 Å². The number of para-hydroxylation sites is 2. The van der Waals surface area contributed by atoms with Gasteiger partial charge in [0.15, 0.2) is 5.82 Å². The molecule has 1 fully saturated rings. The Balaban J connectivity index is 1.51. The Bertz CT molecular complexity index is 760. The maximum atomic E-state index is 13.0. The maximum absolute atomic E-state index is 13.0. The molecule has 0 saturated carbocycles. The third-order valence-corrected chi connectivity index (χ3v) is 4.81. The van der Waals surface area contributed by atoms with Crippen molar-refractivity contribution in [3.63, 3.8) is 0 Å². The Morgan fingerprint density at radius 1 is 1.28 bits per heavy atom. The smallest absolute Gasteiger partial charge is 0.243 e. The molecule has 0 bridgehead atoms. The minimum absolute atomic E-state index is 0.0233. The van der Waals surface area contributed by atoms with Gasteiger partial charge in [0.2, 0.25) is 11.8 Å². The van der Waals surface area contributed by atoms with Crippen molar-refractivity contribution in [3.05, 3.63) is 36.0 Å². The van der Waals surface area contributed by atoms with Crippen molar-refractivity contribution >= 4 is 11.6 Å². The second-order valence-corrected chi connectivity index (χ2v) is 6.52. The summed E-state index contributed by atoms with van der Waals surface area (Å²) in [5.41, 5.74) is 0.848. The van der Waals surface area contributed by atoms with E-state index in [4.69, 9.17) is 9.26 Å². The fourth-order valence-electron chi connectivity index (χ4n) is 3.60. The maximum Gasteiger partial charge on any atom is 0.243 e. The molecule has 4 rings (SSSR count). The normalized spacial score (nSPS) is 20.8. The van der Waals surface area contributed by atoms with Gasteiger partial charge in [0.1, 0.15) is 12.4 Å². The van der Waals surface area contributed by atoms with Crippen LogP contribution < -0.4 is 9.64 Å². The lowest BCUT2D eigenvalue weighted by molar-refractivity contribution is -0.121. The molecule has 1 amide bonds. The van der Waals surface area contributed by atoms with E-state index in [0.717, 1.165) is 37.2 Å². The van der Waals surface area contributed by atoms with Crippen LogP contribution in [0.25, 0.3) is 0 Å². The second-order valence-electron chi connectivity index (χ2n) is 6.52. The lowest BCUT2D eigenvalue weighted by Gasteiger charge is -2.35. The number of likely N-dealkylation sites (tertiary alicyclic amines) is 1. The molecule has 0 unspecified atom stereocenters. The average molecular weight is 342 g/mol. The number of fused-ring (bicyclic) bond motifs is 1. The molecule has 2 aliphatic rings. The molecule has 2 aliphatic heterocycles. The Labute approximate surface area is 146 Å². The van der Waals surface area contributed by atoms with Crippen LogP contribution in [0, 0.1) is 6.92 Å². The summed E-state index contributed by atoms with van der Waals surface area (Å²) in [6.07, 6.45) is 3.13. The minimum atomic E-state index is 0.0233. The highest BCUT2D eigenvalue weighted by molar-refractivity contribution is 5.96. The Morgan fingerprint density at radius 2 is 2.16 bits per heavy atom. The van der Waals surface area contributed by atoms with E-state index < -0.39 is 0 Å². The number of ether oxygens (including phenoxy) is 1. The van der Waals surface area contributed by atoms with Gasteiger partial charge in [-0.15, -0.1) is 0 Å². The van der Waals surface area contributed by atoms with Gasteiger partial charge in [-0.1, -0.05) is 23.7 Å². The monoisotopic (exact) mass is 342 g/mol. The molecule has 3 heterocycles. The fourth-order valence-corrected chi connectivity index (χ4v) is 3.60. The number of nitrogens with zero attached hydrogens (tertiary/aromatic N) is 4. The molecule has 7 nitrogen and oxygen atoms in total. The molecule has 1 saturated heterocycles. The number of rotatable bonds is 3. The van der Waals surface area contributed by atoms with Gasteiger partial charge >= 0.3 is 0 Å². The summed E-state index contributed by atoms with van der Waals surface area (Å²) < 4.78 is 11.0. The Hall–Kier alpha value is -2.41. The predicted molar refractivity (Wildman–Crippen MR) is 91.5 cm³/mol. The van der Waals surface area contributed by atoms with Gasteiger partial charge < -0.3 is 14.2 Å².